The van der Waals surface area contributed by atoms with E-state index < -0.39 is 0 Å². The fraction of sp³-hybridized carbons (Fsp3) is 0.333. The minimum absolute atomic E-state index is 0.0330. The number of hydrogen-bond acceptors (Lipinski definition) is 2. The van der Waals surface area contributed by atoms with Gasteiger partial charge in [0.1, 0.15) is 5.82 Å². The second-order valence-electron chi connectivity index (χ2n) is 4.74. The molecule has 0 radical (unpaired) electrons. The van der Waals surface area contributed by atoms with Crippen molar-refractivity contribution in [1.29, 1.82) is 0 Å². The number of carbonyl (C=O) groups is 1. The number of nitrogens with zero attached hydrogens (tertiary/aromatic N) is 2. The maximum atomic E-state index is 12.8. The van der Waals surface area contributed by atoms with Crippen molar-refractivity contribution in [1.82, 2.24) is 9.78 Å². The number of carbonyl (C=O) groups excluding carboxylic acids is 1. The van der Waals surface area contributed by atoms with Gasteiger partial charge in [-0.1, -0.05) is 0 Å². The number of aromatic nitrogens is 2. The Labute approximate surface area is 125 Å². The summed E-state index contributed by atoms with van der Waals surface area (Å²) >= 11 is 3.48. The molecule has 0 amide bonds. The summed E-state index contributed by atoms with van der Waals surface area (Å²) in [4.78, 5) is 11.9. The van der Waals surface area contributed by atoms with Crippen LogP contribution < -0.4 is 0 Å². The van der Waals surface area contributed by atoms with Gasteiger partial charge in [-0.2, -0.15) is 5.10 Å². The first-order chi connectivity index (χ1) is 9.49. The molecule has 0 atom stereocenters. The molecule has 0 bridgehead atoms. The van der Waals surface area contributed by atoms with E-state index in [0.717, 1.165) is 15.9 Å². The average Bonchev–Trinajstić information content (AvgIpc) is 2.67. The van der Waals surface area contributed by atoms with Crippen LogP contribution in [0.2, 0.25) is 0 Å². The molecule has 1 aromatic carbocycles. The molecule has 0 fully saturated rings. The molecule has 3 nitrogen and oxygen atoms in total. The third-order valence-electron chi connectivity index (χ3n) is 3.23. The fourth-order valence-corrected chi connectivity index (χ4v) is 2.35. The van der Waals surface area contributed by atoms with Crippen LogP contribution in [0.15, 0.2) is 28.7 Å². The Balaban J connectivity index is 1.91. The van der Waals surface area contributed by atoms with Crippen molar-refractivity contribution in [2.24, 2.45) is 0 Å². The summed E-state index contributed by atoms with van der Waals surface area (Å²) in [6.07, 6.45) is 1.15. The Kier molecular flexibility index (Phi) is 4.70. The summed E-state index contributed by atoms with van der Waals surface area (Å²) in [5.41, 5.74) is 2.57. The van der Waals surface area contributed by atoms with Crippen LogP contribution in [0.4, 0.5) is 4.39 Å². The average molecular weight is 339 g/mol. The van der Waals surface area contributed by atoms with E-state index >= 15 is 0 Å². The third kappa shape index (κ3) is 3.33. The Morgan fingerprint density at radius 3 is 2.50 bits per heavy atom. The van der Waals surface area contributed by atoms with Gasteiger partial charge in [0.15, 0.2) is 5.78 Å². The predicted octanol–water partition coefficient (Wildman–Crippen LogP) is 4.06. The van der Waals surface area contributed by atoms with Gasteiger partial charge in [-0.3, -0.25) is 9.48 Å². The first kappa shape index (κ1) is 14.9. The zero-order valence-corrected chi connectivity index (χ0v) is 13.1. The largest absolute Gasteiger partial charge is 0.294 e. The van der Waals surface area contributed by atoms with Crippen LogP contribution in [0.5, 0.6) is 0 Å². The van der Waals surface area contributed by atoms with E-state index in [-0.39, 0.29) is 11.6 Å². The lowest BCUT2D eigenvalue weighted by atomic mass is 10.1. The highest BCUT2D eigenvalue weighted by Crippen LogP contribution is 2.20. The Morgan fingerprint density at radius 1 is 1.30 bits per heavy atom. The van der Waals surface area contributed by atoms with Crippen molar-refractivity contribution < 1.29 is 9.18 Å². The molecule has 0 aliphatic carbocycles. The van der Waals surface area contributed by atoms with Gasteiger partial charge < -0.3 is 0 Å². The Bertz CT molecular complexity index is 620. The summed E-state index contributed by atoms with van der Waals surface area (Å²) in [6.45, 7) is 4.63. The first-order valence-corrected chi connectivity index (χ1v) is 7.26. The zero-order valence-electron chi connectivity index (χ0n) is 11.5. The van der Waals surface area contributed by atoms with E-state index in [1.807, 2.05) is 18.5 Å². The van der Waals surface area contributed by atoms with E-state index in [1.165, 1.54) is 24.3 Å². The lowest BCUT2D eigenvalue weighted by Crippen LogP contribution is -2.06. The number of benzene rings is 1. The minimum Gasteiger partial charge on any atom is -0.294 e. The van der Waals surface area contributed by atoms with Gasteiger partial charge in [0.2, 0.25) is 0 Å². The number of halogens is 2. The van der Waals surface area contributed by atoms with Crippen LogP contribution in [-0.2, 0) is 6.54 Å². The minimum atomic E-state index is -0.325. The van der Waals surface area contributed by atoms with E-state index in [2.05, 4.69) is 21.0 Å². The molecule has 0 saturated heterocycles. The van der Waals surface area contributed by atoms with Gasteiger partial charge >= 0.3 is 0 Å². The van der Waals surface area contributed by atoms with Crippen LogP contribution in [0, 0.1) is 19.7 Å². The monoisotopic (exact) mass is 338 g/mol. The fourth-order valence-electron chi connectivity index (χ4n) is 2.06. The van der Waals surface area contributed by atoms with Crippen LogP contribution in [-0.4, -0.2) is 15.6 Å². The molecule has 0 aliphatic heterocycles. The van der Waals surface area contributed by atoms with Gasteiger partial charge in [-0.05, 0) is 60.5 Å². The van der Waals surface area contributed by atoms with Crippen molar-refractivity contribution in [3.8, 4) is 0 Å². The number of Topliss-reactive ketones (excluding diaryl/α,β-unsaturated/α-hetero) is 1. The van der Waals surface area contributed by atoms with Gasteiger partial charge in [-0.15, -0.1) is 0 Å². The van der Waals surface area contributed by atoms with Crippen molar-refractivity contribution >= 4 is 21.7 Å². The predicted molar refractivity (Wildman–Crippen MR) is 79.4 cm³/mol. The summed E-state index contributed by atoms with van der Waals surface area (Å²) < 4.78 is 15.7. The topological polar surface area (TPSA) is 34.9 Å². The van der Waals surface area contributed by atoms with Crippen LogP contribution in [0.3, 0.4) is 0 Å². The molecular formula is C15H16BrFN2O. The number of hydrogen-bond donors (Lipinski definition) is 0. The molecule has 0 aliphatic rings. The number of aryl methyl sites for hydroxylation is 2. The highest BCUT2D eigenvalue weighted by Gasteiger charge is 2.10. The molecule has 0 spiro atoms. The van der Waals surface area contributed by atoms with Gasteiger partial charge in [0.05, 0.1) is 10.2 Å². The standard InChI is InChI=1S/C15H16BrFN2O/c1-10-15(16)11(2)19(18-10)9-3-4-14(20)12-5-7-13(17)8-6-12/h5-8H,3-4,9H2,1-2H3. The van der Waals surface area contributed by atoms with Crippen molar-refractivity contribution in [2.75, 3.05) is 0 Å². The Morgan fingerprint density at radius 2 is 1.95 bits per heavy atom. The molecule has 2 rings (SSSR count). The molecule has 106 valence electrons. The smallest absolute Gasteiger partial charge is 0.162 e. The summed E-state index contributed by atoms with van der Waals surface area (Å²) in [5, 5.41) is 4.40. The van der Waals surface area contributed by atoms with E-state index in [9.17, 15) is 9.18 Å². The first-order valence-electron chi connectivity index (χ1n) is 6.47. The number of rotatable bonds is 5. The van der Waals surface area contributed by atoms with E-state index in [0.29, 0.717) is 24.9 Å². The number of ketones is 1. The summed E-state index contributed by atoms with van der Waals surface area (Å²) in [6, 6.07) is 5.67. The highest BCUT2D eigenvalue weighted by atomic mass is 79.9. The summed E-state index contributed by atoms with van der Waals surface area (Å²) in [5.74, 6) is -0.292. The van der Waals surface area contributed by atoms with Crippen LogP contribution in [0.1, 0.15) is 34.6 Å². The zero-order chi connectivity index (χ0) is 14.7. The lowest BCUT2D eigenvalue weighted by molar-refractivity contribution is 0.0978. The Hall–Kier alpha value is -1.49. The van der Waals surface area contributed by atoms with Crippen molar-refractivity contribution in [2.45, 2.75) is 33.2 Å². The third-order valence-corrected chi connectivity index (χ3v) is 4.38. The lowest BCUT2D eigenvalue weighted by Gasteiger charge is -2.04. The second kappa shape index (κ2) is 6.31. The van der Waals surface area contributed by atoms with Crippen LogP contribution >= 0.6 is 15.9 Å². The highest BCUT2D eigenvalue weighted by molar-refractivity contribution is 9.10. The maximum Gasteiger partial charge on any atom is 0.162 e. The molecule has 20 heavy (non-hydrogen) atoms. The van der Waals surface area contributed by atoms with Crippen molar-refractivity contribution in [3.05, 3.63) is 51.5 Å². The van der Waals surface area contributed by atoms with Gasteiger partial charge in [-0.25, -0.2) is 4.39 Å². The molecule has 0 N–H and O–H groups in total. The molecule has 0 saturated carbocycles. The molecular weight excluding hydrogens is 323 g/mol. The molecule has 1 heterocycles. The second-order valence-corrected chi connectivity index (χ2v) is 5.53. The molecule has 0 unspecified atom stereocenters. The molecule has 5 heteroatoms. The van der Waals surface area contributed by atoms with E-state index in [4.69, 9.17) is 0 Å². The maximum absolute atomic E-state index is 12.8. The molecule has 2 aromatic rings. The molecule has 1 aromatic heterocycles. The van der Waals surface area contributed by atoms with E-state index in [1.54, 1.807) is 0 Å². The van der Waals surface area contributed by atoms with Gasteiger partial charge in [0.25, 0.3) is 0 Å². The van der Waals surface area contributed by atoms with Crippen LogP contribution in [0.25, 0.3) is 0 Å². The SMILES string of the molecule is Cc1nn(CCCC(=O)c2ccc(F)cc2)c(C)c1Br. The summed E-state index contributed by atoms with van der Waals surface area (Å²) in [7, 11) is 0. The van der Waals surface area contributed by atoms with Crippen molar-refractivity contribution in [3.63, 3.8) is 0 Å². The van der Waals surface area contributed by atoms with Gasteiger partial charge in [0, 0.05) is 24.2 Å². The normalized spacial score (nSPS) is 10.8. The quantitative estimate of drug-likeness (QED) is 0.770.